The first-order chi connectivity index (χ1) is 13.3. The summed E-state index contributed by atoms with van der Waals surface area (Å²) in [5, 5.41) is 8.57. The van der Waals surface area contributed by atoms with Crippen molar-refractivity contribution in [3.05, 3.63) is 54.1 Å². The largest absolute Gasteiger partial charge is 0.383 e. The third-order valence-electron chi connectivity index (χ3n) is 4.86. The summed E-state index contributed by atoms with van der Waals surface area (Å²) in [7, 11) is 0. The van der Waals surface area contributed by atoms with Gasteiger partial charge in [0.05, 0.1) is 11.4 Å². The van der Waals surface area contributed by atoms with Crippen LogP contribution in [0.1, 0.15) is 17.7 Å². The minimum Gasteiger partial charge on any atom is -0.383 e. The quantitative estimate of drug-likeness (QED) is 0.619. The molecule has 140 valence electrons. The van der Waals surface area contributed by atoms with E-state index in [0.717, 1.165) is 62.8 Å². The third-order valence-corrected chi connectivity index (χ3v) is 5.21. The van der Waals surface area contributed by atoms with Crippen LogP contribution in [0.15, 0.2) is 48.0 Å². The van der Waals surface area contributed by atoms with Gasteiger partial charge in [-0.1, -0.05) is 0 Å². The fourth-order valence-electron chi connectivity index (χ4n) is 3.36. The number of hydrogen-bond donors (Lipinski definition) is 2. The summed E-state index contributed by atoms with van der Waals surface area (Å²) in [4.78, 5) is 13.1. The molecular formula is C19H23N7S. The molecule has 0 amide bonds. The average Bonchev–Trinajstić information content (AvgIpc) is 2.73. The maximum absolute atomic E-state index is 5.55. The highest BCUT2D eigenvalue weighted by Crippen LogP contribution is 2.19. The van der Waals surface area contributed by atoms with E-state index in [9.17, 15) is 0 Å². The van der Waals surface area contributed by atoms with Gasteiger partial charge in [-0.2, -0.15) is 5.10 Å². The smallest absolute Gasteiger partial charge is 0.189 e. The molecule has 0 bridgehead atoms. The Labute approximate surface area is 164 Å². The Hall–Kier alpha value is -2.58. The number of hydrogen-bond acceptors (Lipinski definition) is 6. The Morgan fingerprint density at radius 3 is 2.78 bits per heavy atom. The molecule has 0 spiro atoms. The number of piperazine rings is 1. The lowest BCUT2D eigenvalue weighted by molar-refractivity contribution is 0.174. The van der Waals surface area contributed by atoms with Gasteiger partial charge in [-0.05, 0) is 42.0 Å². The Bertz CT molecular complexity index is 816. The molecule has 2 aromatic rings. The van der Waals surface area contributed by atoms with Crippen molar-refractivity contribution in [2.24, 2.45) is 5.10 Å². The lowest BCUT2D eigenvalue weighted by atomic mass is 10.1. The second-order valence-electron chi connectivity index (χ2n) is 6.67. The van der Waals surface area contributed by atoms with Crippen LogP contribution in [0.3, 0.4) is 0 Å². The molecule has 4 rings (SSSR count). The van der Waals surface area contributed by atoms with Crippen molar-refractivity contribution < 1.29 is 0 Å². The van der Waals surface area contributed by atoms with Crippen molar-refractivity contribution in [1.29, 1.82) is 0 Å². The predicted molar refractivity (Wildman–Crippen MR) is 111 cm³/mol. The summed E-state index contributed by atoms with van der Waals surface area (Å²) < 4.78 is 0. The standard InChI is InChI=1S/C19H23N7S/c27-19(24-23-17-5-9-21-16-2-1-6-22-18(16)17)26-12-10-25(11-13-26)14-15-3-7-20-8-4-15/h1-4,6-8,21H,5,9-14H2,(H,24,27)/b23-17-. The molecular weight excluding hydrogens is 358 g/mol. The second-order valence-corrected chi connectivity index (χ2v) is 7.06. The SMILES string of the molecule is S=C(N/N=C1/CCNc2cccnc21)N1CCN(Cc2ccncc2)CC1. The average molecular weight is 382 g/mol. The zero-order valence-corrected chi connectivity index (χ0v) is 16.0. The molecule has 2 aliphatic rings. The van der Waals surface area contributed by atoms with Gasteiger partial charge in [0.2, 0.25) is 0 Å². The van der Waals surface area contributed by atoms with E-state index >= 15 is 0 Å². The molecule has 0 atom stereocenters. The van der Waals surface area contributed by atoms with Crippen molar-refractivity contribution in [1.82, 2.24) is 25.2 Å². The first-order valence-corrected chi connectivity index (χ1v) is 9.62. The topological polar surface area (TPSA) is 68.7 Å². The number of fused-ring (bicyclic) bond motifs is 1. The summed E-state index contributed by atoms with van der Waals surface area (Å²) in [5.41, 5.74) is 7.25. The molecule has 1 fully saturated rings. The summed E-state index contributed by atoms with van der Waals surface area (Å²) in [6.45, 7) is 5.58. The van der Waals surface area contributed by atoms with Crippen LogP contribution < -0.4 is 10.7 Å². The van der Waals surface area contributed by atoms with Crippen LogP contribution in [0.25, 0.3) is 0 Å². The minimum atomic E-state index is 0.682. The van der Waals surface area contributed by atoms with Gasteiger partial charge in [-0.25, -0.2) is 0 Å². The van der Waals surface area contributed by atoms with Crippen molar-refractivity contribution in [3.8, 4) is 0 Å². The molecule has 1 saturated heterocycles. The Kier molecular flexibility index (Phi) is 5.55. The van der Waals surface area contributed by atoms with Crippen molar-refractivity contribution in [2.75, 3.05) is 38.0 Å². The number of thiocarbonyl (C=S) groups is 1. The second kappa shape index (κ2) is 8.41. The fraction of sp³-hybridized carbons (Fsp3) is 0.368. The van der Waals surface area contributed by atoms with Crippen LogP contribution in [0.5, 0.6) is 0 Å². The third kappa shape index (κ3) is 4.40. The van der Waals surface area contributed by atoms with Crippen LogP contribution in [0.2, 0.25) is 0 Å². The molecule has 0 aromatic carbocycles. The van der Waals surface area contributed by atoms with Gasteiger partial charge < -0.3 is 10.2 Å². The van der Waals surface area contributed by atoms with Gasteiger partial charge in [0, 0.05) is 64.3 Å². The number of hydrazone groups is 1. The highest BCUT2D eigenvalue weighted by molar-refractivity contribution is 7.80. The molecule has 0 saturated carbocycles. The van der Waals surface area contributed by atoms with Gasteiger partial charge in [-0.3, -0.25) is 20.3 Å². The zero-order valence-electron chi connectivity index (χ0n) is 15.1. The summed E-state index contributed by atoms with van der Waals surface area (Å²) in [5.74, 6) is 0. The van der Waals surface area contributed by atoms with Gasteiger partial charge in [0.25, 0.3) is 0 Å². The molecule has 2 aromatic heterocycles. The van der Waals surface area contributed by atoms with E-state index in [1.807, 2.05) is 24.5 Å². The van der Waals surface area contributed by atoms with Crippen LogP contribution in [-0.2, 0) is 6.54 Å². The number of pyridine rings is 2. The monoisotopic (exact) mass is 381 g/mol. The predicted octanol–water partition coefficient (Wildman–Crippen LogP) is 1.69. The molecule has 4 heterocycles. The van der Waals surface area contributed by atoms with Gasteiger partial charge >= 0.3 is 0 Å². The van der Waals surface area contributed by atoms with Crippen LogP contribution >= 0.6 is 12.2 Å². The minimum absolute atomic E-state index is 0.682. The van der Waals surface area contributed by atoms with E-state index in [1.165, 1.54) is 5.56 Å². The fourth-order valence-corrected chi connectivity index (χ4v) is 3.59. The first-order valence-electron chi connectivity index (χ1n) is 9.21. The number of rotatable bonds is 3. The highest BCUT2D eigenvalue weighted by Gasteiger charge is 2.20. The maximum Gasteiger partial charge on any atom is 0.189 e. The van der Waals surface area contributed by atoms with Crippen molar-refractivity contribution in [3.63, 3.8) is 0 Å². The Morgan fingerprint density at radius 2 is 1.96 bits per heavy atom. The number of nitrogens with one attached hydrogen (secondary N) is 2. The van der Waals surface area contributed by atoms with Crippen LogP contribution in [0, 0.1) is 0 Å². The van der Waals surface area contributed by atoms with Gasteiger partial charge in [0.1, 0.15) is 5.69 Å². The van der Waals surface area contributed by atoms with E-state index in [2.05, 4.69) is 47.7 Å². The van der Waals surface area contributed by atoms with E-state index in [0.29, 0.717) is 5.11 Å². The number of aromatic nitrogens is 2. The van der Waals surface area contributed by atoms with Crippen molar-refractivity contribution in [2.45, 2.75) is 13.0 Å². The normalized spacial score (nSPS) is 18.7. The molecule has 27 heavy (non-hydrogen) atoms. The lowest BCUT2D eigenvalue weighted by Crippen LogP contribution is -2.50. The van der Waals surface area contributed by atoms with Crippen LogP contribution in [-0.4, -0.2) is 63.3 Å². The molecule has 0 radical (unpaired) electrons. The van der Waals surface area contributed by atoms with E-state index in [-0.39, 0.29) is 0 Å². The van der Waals surface area contributed by atoms with E-state index < -0.39 is 0 Å². The van der Waals surface area contributed by atoms with Crippen molar-refractivity contribution >= 4 is 28.7 Å². The Balaban J connectivity index is 1.30. The molecule has 0 aliphatic carbocycles. The summed E-state index contributed by atoms with van der Waals surface area (Å²) in [6.07, 6.45) is 6.32. The molecule has 2 N–H and O–H groups in total. The van der Waals surface area contributed by atoms with Gasteiger partial charge in [0.15, 0.2) is 5.11 Å². The first kappa shape index (κ1) is 17.8. The van der Waals surface area contributed by atoms with E-state index in [1.54, 1.807) is 6.20 Å². The van der Waals surface area contributed by atoms with Crippen LogP contribution in [0.4, 0.5) is 5.69 Å². The zero-order chi connectivity index (χ0) is 18.5. The van der Waals surface area contributed by atoms with E-state index in [4.69, 9.17) is 12.2 Å². The number of nitrogens with zero attached hydrogens (tertiary/aromatic N) is 5. The lowest BCUT2D eigenvalue weighted by Gasteiger charge is -2.35. The summed E-state index contributed by atoms with van der Waals surface area (Å²) >= 11 is 5.55. The molecule has 2 aliphatic heterocycles. The maximum atomic E-state index is 5.55. The number of anilines is 1. The molecule has 8 heteroatoms. The highest BCUT2D eigenvalue weighted by atomic mass is 32.1. The van der Waals surface area contributed by atoms with Gasteiger partial charge in [-0.15, -0.1) is 0 Å². The Morgan fingerprint density at radius 1 is 1.15 bits per heavy atom. The molecule has 0 unspecified atom stereocenters. The molecule has 7 nitrogen and oxygen atoms in total. The summed E-state index contributed by atoms with van der Waals surface area (Å²) in [6, 6.07) is 8.09.